The molecule has 1 aromatic rings. The van der Waals surface area contributed by atoms with Gasteiger partial charge in [-0.2, -0.15) is 4.98 Å². The summed E-state index contributed by atoms with van der Waals surface area (Å²) >= 11 is 0. The number of fused-ring (bicyclic) bond motifs is 2. The van der Waals surface area contributed by atoms with Gasteiger partial charge in [-0.1, -0.05) is 18.5 Å². The zero-order valence-electron chi connectivity index (χ0n) is 11.9. The number of aryl methyl sites for hydroxylation is 1. The van der Waals surface area contributed by atoms with E-state index in [1.165, 1.54) is 32.1 Å². The predicted octanol–water partition coefficient (Wildman–Crippen LogP) is 1.87. The van der Waals surface area contributed by atoms with Crippen molar-refractivity contribution in [3.8, 4) is 0 Å². The fourth-order valence-corrected chi connectivity index (χ4v) is 3.76. The van der Waals surface area contributed by atoms with Crippen molar-refractivity contribution in [3.63, 3.8) is 0 Å². The normalized spacial score (nSPS) is 31.6. The molecule has 1 aromatic heterocycles. The Morgan fingerprint density at radius 2 is 2.05 bits per heavy atom. The summed E-state index contributed by atoms with van der Waals surface area (Å²) in [7, 11) is 0. The van der Waals surface area contributed by atoms with Gasteiger partial charge in [0.2, 0.25) is 5.89 Å². The van der Waals surface area contributed by atoms with Crippen LogP contribution < -0.4 is 5.32 Å². The molecule has 2 aliphatic heterocycles. The molecule has 3 heterocycles. The molecule has 2 atom stereocenters. The van der Waals surface area contributed by atoms with Gasteiger partial charge in [-0.15, -0.1) is 0 Å². The van der Waals surface area contributed by atoms with Crippen LogP contribution in [0, 0.1) is 6.92 Å². The van der Waals surface area contributed by atoms with Crippen LogP contribution in [0.1, 0.15) is 50.7 Å². The predicted molar refractivity (Wildman–Crippen MR) is 72.7 cm³/mol. The number of rotatable bonds is 4. The van der Waals surface area contributed by atoms with Gasteiger partial charge in [-0.3, -0.25) is 4.90 Å². The summed E-state index contributed by atoms with van der Waals surface area (Å²) in [5.41, 5.74) is 0. The van der Waals surface area contributed by atoms with Gasteiger partial charge in [0, 0.05) is 25.0 Å². The second kappa shape index (κ2) is 5.59. The van der Waals surface area contributed by atoms with Crippen molar-refractivity contribution in [1.29, 1.82) is 0 Å². The lowest BCUT2D eigenvalue weighted by Gasteiger charge is -2.48. The maximum Gasteiger partial charge on any atom is 0.223 e. The molecule has 0 aromatic carbocycles. The Kier molecular flexibility index (Phi) is 3.84. The second-order valence-electron chi connectivity index (χ2n) is 5.87. The lowest BCUT2D eigenvalue weighted by atomic mass is 9.81. The monoisotopic (exact) mass is 264 g/mol. The van der Waals surface area contributed by atoms with Crippen molar-refractivity contribution in [2.45, 2.75) is 70.6 Å². The minimum absolute atomic E-state index is 0.669. The molecule has 19 heavy (non-hydrogen) atoms. The molecule has 106 valence electrons. The molecule has 2 aliphatic rings. The number of hydrogen-bond donors (Lipinski definition) is 1. The van der Waals surface area contributed by atoms with Gasteiger partial charge in [-0.25, -0.2) is 0 Å². The molecule has 5 nitrogen and oxygen atoms in total. The third kappa shape index (κ3) is 2.82. The van der Waals surface area contributed by atoms with Crippen molar-refractivity contribution >= 4 is 0 Å². The summed E-state index contributed by atoms with van der Waals surface area (Å²) in [6.07, 6.45) is 6.53. The largest absolute Gasteiger partial charge is 0.340 e. The quantitative estimate of drug-likeness (QED) is 0.899. The highest BCUT2D eigenvalue weighted by Gasteiger charge is 2.38. The first-order valence-electron chi connectivity index (χ1n) is 7.54. The van der Waals surface area contributed by atoms with Gasteiger partial charge < -0.3 is 9.84 Å². The summed E-state index contributed by atoms with van der Waals surface area (Å²) in [4.78, 5) is 6.97. The molecule has 1 N–H and O–H groups in total. The number of nitrogens with zero attached hydrogens (tertiary/aromatic N) is 3. The molecule has 3 rings (SSSR count). The Morgan fingerprint density at radius 3 is 2.63 bits per heavy atom. The molecular formula is C14H24N4O. The van der Waals surface area contributed by atoms with E-state index in [4.69, 9.17) is 4.52 Å². The summed E-state index contributed by atoms with van der Waals surface area (Å²) < 4.78 is 5.09. The highest BCUT2D eigenvalue weighted by molar-refractivity contribution is 4.97. The number of hydrogen-bond acceptors (Lipinski definition) is 5. The lowest BCUT2D eigenvalue weighted by molar-refractivity contribution is 0.0155. The van der Waals surface area contributed by atoms with E-state index in [9.17, 15) is 0 Å². The summed E-state index contributed by atoms with van der Waals surface area (Å²) in [6.45, 7) is 5.98. The SMILES string of the molecule is CCNC1CC2CCCC(C1)N2Cc1noc(C)n1. The van der Waals surface area contributed by atoms with Gasteiger partial charge in [0.05, 0.1) is 6.54 Å². The van der Waals surface area contributed by atoms with Gasteiger partial charge >= 0.3 is 0 Å². The third-order valence-electron chi connectivity index (χ3n) is 4.51. The van der Waals surface area contributed by atoms with Crippen LogP contribution in [0.2, 0.25) is 0 Å². The van der Waals surface area contributed by atoms with E-state index in [0.29, 0.717) is 24.0 Å². The van der Waals surface area contributed by atoms with Crippen LogP contribution in [-0.2, 0) is 6.54 Å². The van der Waals surface area contributed by atoms with Gasteiger partial charge in [0.1, 0.15) is 0 Å². The Hall–Kier alpha value is -0.940. The fraction of sp³-hybridized carbons (Fsp3) is 0.857. The van der Waals surface area contributed by atoms with Crippen LogP contribution in [0.25, 0.3) is 0 Å². The van der Waals surface area contributed by atoms with Crippen LogP contribution in [0.4, 0.5) is 0 Å². The zero-order chi connectivity index (χ0) is 13.2. The van der Waals surface area contributed by atoms with Crippen molar-refractivity contribution in [1.82, 2.24) is 20.4 Å². The summed E-state index contributed by atoms with van der Waals surface area (Å²) in [5, 5.41) is 7.67. The molecule has 0 radical (unpaired) electrons. The van der Waals surface area contributed by atoms with Crippen LogP contribution in [0.15, 0.2) is 4.52 Å². The van der Waals surface area contributed by atoms with E-state index in [1.54, 1.807) is 0 Å². The Morgan fingerprint density at radius 1 is 1.32 bits per heavy atom. The van der Waals surface area contributed by atoms with Gasteiger partial charge in [-0.05, 0) is 32.2 Å². The minimum Gasteiger partial charge on any atom is -0.340 e. The minimum atomic E-state index is 0.669. The first kappa shape index (κ1) is 13.1. The van der Waals surface area contributed by atoms with E-state index in [-0.39, 0.29) is 0 Å². The lowest BCUT2D eigenvalue weighted by Crippen LogP contribution is -2.55. The van der Waals surface area contributed by atoms with E-state index in [1.807, 2.05) is 6.92 Å². The maximum absolute atomic E-state index is 5.09. The molecule has 2 unspecified atom stereocenters. The third-order valence-corrected chi connectivity index (χ3v) is 4.51. The van der Waals surface area contributed by atoms with Gasteiger partial charge in [0.25, 0.3) is 0 Å². The number of piperidine rings is 2. The first-order chi connectivity index (χ1) is 9.26. The standard InChI is InChI=1S/C14H24N4O/c1-3-15-11-7-12-5-4-6-13(8-11)18(12)9-14-16-10(2)19-17-14/h11-13,15H,3-9H2,1-2H3. The van der Waals surface area contributed by atoms with Crippen LogP contribution in [0.3, 0.4) is 0 Å². The van der Waals surface area contributed by atoms with Crippen molar-refractivity contribution in [2.75, 3.05) is 6.54 Å². The average molecular weight is 264 g/mol. The summed E-state index contributed by atoms with van der Waals surface area (Å²) in [5.74, 6) is 1.51. The number of aromatic nitrogens is 2. The topological polar surface area (TPSA) is 54.2 Å². The maximum atomic E-state index is 5.09. The van der Waals surface area contributed by atoms with Crippen molar-refractivity contribution in [3.05, 3.63) is 11.7 Å². The molecule has 5 heteroatoms. The second-order valence-corrected chi connectivity index (χ2v) is 5.87. The van der Waals surface area contributed by atoms with E-state index >= 15 is 0 Å². The highest BCUT2D eigenvalue weighted by atomic mass is 16.5. The van der Waals surface area contributed by atoms with E-state index in [2.05, 4.69) is 27.3 Å². The fourth-order valence-electron chi connectivity index (χ4n) is 3.76. The van der Waals surface area contributed by atoms with Crippen LogP contribution in [0.5, 0.6) is 0 Å². The van der Waals surface area contributed by atoms with Crippen molar-refractivity contribution in [2.24, 2.45) is 0 Å². The molecule has 0 spiro atoms. The molecule has 0 aliphatic carbocycles. The van der Waals surface area contributed by atoms with E-state index in [0.717, 1.165) is 18.9 Å². The molecule has 2 saturated heterocycles. The zero-order valence-corrected chi connectivity index (χ0v) is 11.9. The van der Waals surface area contributed by atoms with E-state index < -0.39 is 0 Å². The average Bonchev–Trinajstić information content (AvgIpc) is 2.76. The molecular weight excluding hydrogens is 240 g/mol. The Balaban J connectivity index is 1.68. The van der Waals surface area contributed by atoms with Crippen molar-refractivity contribution < 1.29 is 4.52 Å². The molecule has 0 amide bonds. The smallest absolute Gasteiger partial charge is 0.223 e. The number of nitrogens with one attached hydrogen (secondary N) is 1. The van der Waals surface area contributed by atoms with Gasteiger partial charge in [0.15, 0.2) is 5.82 Å². The highest BCUT2D eigenvalue weighted by Crippen LogP contribution is 2.34. The molecule has 2 fully saturated rings. The Bertz CT molecular complexity index is 405. The van der Waals surface area contributed by atoms with Crippen LogP contribution in [-0.4, -0.2) is 39.7 Å². The molecule has 2 bridgehead atoms. The van der Waals surface area contributed by atoms with Crippen LogP contribution >= 0.6 is 0 Å². The summed E-state index contributed by atoms with van der Waals surface area (Å²) in [6, 6.07) is 2.08. The Labute approximate surface area is 114 Å². The first-order valence-corrected chi connectivity index (χ1v) is 7.54. The molecule has 0 saturated carbocycles.